The van der Waals surface area contributed by atoms with Gasteiger partial charge >= 0.3 is 0 Å². The van der Waals surface area contributed by atoms with Crippen molar-refractivity contribution in [2.75, 3.05) is 18.5 Å². The highest BCUT2D eigenvalue weighted by molar-refractivity contribution is 5.57. The molecule has 1 N–H and O–H groups in total. The highest BCUT2D eigenvalue weighted by atomic mass is 19.1. The van der Waals surface area contributed by atoms with Crippen molar-refractivity contribution >= 4 is 5.69 Å². The molecule has 1 unspecified atom stereocenters. The highest BCUT2D eigenvalue weighted by Crippen LogP contribution is 2.34. The van der Waals surface area contributed by atoms with Crippen molar-refractivity contribution in [2.24, 2.45) is 0 Å². The zero-order chi connectivity index (χ0) is 14.3. The number of halogens is 1. The fourth-order valence-electron chi connectivity index (χ4n) is 1.88. The molecule has 0 saturated heterocycles. The van der Waals surface area contributed by atoms with E-state index in [4.69, 9.17) is 0 Å². The average molecular weight is 255 g/mol. The second kappa shape index (κ2) is 8.09. The molecule has 1 atom stereocenters. The zero-order valence-corrected chi connectivity index (χ0v) is 12.4. The number of fused-ring (bicyclic) bond motifs is 1. The van der Waals surface area contributed by atoms with Crippen molar-refractivity contribution in [3.05, 3.63) is 29.1 Å². The normalized spacial score (nSPS) is 16.9. The Bertz CT molecular complexity index is 331. The minimum atomic E-state index is -0.444. The van der Waals surface area contributed by atoms with Crippen LogP contribution < -0.4 is 4.90 Å². The molecule has 0 bridgehead atoms. The smallest absolute Gasteiger partial charge is 0.128 e. The van der Waals surface area contributed by atoms with E-state index in [9.17, 15) is 9.50 Å². The third-order valence-corrected chi connectivity index (χ3v) is 2.82. The monoisotopic (exact) mass is 255 g/mol. The van der Waals surface area contributed by atoms with Crippen LogP contribution in [0.25, 0.3) is 0 Å². The quantitative estimate of drug-likeness (QED) is 0.755. The van der Waals surface area contributed by atoms with E-state index in [1.807, 2.05) is 39.6 Å². The first kappa shape index (κ1) is 16.9. The van der Waals surface area contributed by atoms with Crippen LogP contribution in [0.5, 0.6) is 0 Å². The second-order valence-electron chi connectivity index (χ2n) is 3.89. The van der Waals surface area contributed by atoms with Gasteiger partial charge in [0.15, 0.2) is 0 Å². The first-order valence-electron chi connectivity index (χ1n) is 6.79. The van der Waals surface area contributed by atoms with E-state index in [1.165, 1.54) is 6.07 Å². The number of benzene rings is 1. The molecule has 0 aliphatic carbocycles. The number of rotatable bonds is 0. The molecule has 0 fully saturated rings. The fraction of sp³-hybridized carbons (Fsp3) is 0.600. The van der Waals surface area contributed by atoms with Crippen molar-refractivity contribution in [1.29, 1.82) is 0 Å². The third-order valence-electron chi connectivity index (χ3n) is 2.82. The molecule has 104 valence electrons. The topological polar surface area (TPSA) is 23.5 Å². The van der Waals surface area contributed by atoms with E-state index in [-0.39, 0.29) is 5.82 Å². The molecule has 1 aliphatic rings. The number of aryl methyl sites for hydroxylation is 1. The van der Waals surface area contributed by atoms with E-state index < -0.39 is 6.10 Å². The summed E-state index contributed by atoms with van der Waals surface area (Å²) in [6.07, 6.45) is 0.273. The van der Waals surface area contributed by atoms with Crippen LogP contribution in [0.2, 0.25) is 0 Å². The molecule has 1 heterocycles. The van der Waals surface area contributed by atoms with E-state index >= 15 is 0 Å². The van der Waals surface area contributed by atoms with E-state index in [0.717, 1.165) is 17.8 Å². The molecule has 1 aliphatic heterocycles. The van der Waals surface area contributed by atoms with Gasteiger partial charge in [0.05, 0.1) is 6.10 Å². The molecule has 1 aromatic carbocycles. The largest absolute Gasteiger partial charge is 0.388 e. The van der Waals surface area contributed by atoms with Gasteiger partial charge in [0.1, 0.15) is 5.82 Å². The maximum Gasteiger partial charge on any atom is 0.128 e. The van der Waals surface area contributed by atoms with Gasteiger partial charge in [-0.05, 0) is 31.0 Å². The maximum absolute atomic E-state index is 13.3. The molecular formula is C15H26FNO. The van der Waals surface area contributed by atoms with Crippen LogP contribution in [0.4, 0.5) is 10.1 Å². The molecular weight excluding hydrogens is 229 g/mol. The summed E-state index contributed by atoms with van der Waals surface area (Å²) < 4.78 is 13.3. The molecule has 1 aromatic rings. The minimum Gasteiger partial charge on any atom is -0.388 e. The Balaban J connectivity index is 0.000000659. The third kappa shape index (κ3) is 3.70. The SMILES string of the molecule is CC.CC.Cc1cc2c(cc1F)N(C)CCC2O. The van der Waals surface area contributed by atoms with Crippen LogP contribution in [-0.2, 0) is 0 Å². The minimum absolute atomic E-state index is 0.204. The number of hydrogen-bond acceptors (Lipinski definition) is 2. The van der Waals surface area contributed by atoms with Gasteiger partial charge in [0.25, 0.3) is 0 Å². The Hall–Kier alpha value is -1.09. The lowest BCUT2D eigenvalue weighted by Gasteiger charge is -2.31. The maximum atomic E-state index is 13.3. The van der Waals surface area contributed by atoms with Gasteiger partial charge in [-0.15, -0.1) is 0 Å². The summed E-state index contributed by atoms with van der Waals surface area (Å²) in [6.45, 7) is 10.5. The number of aliphatic hydroxyl groups excluding tert-OH is 1. The first-order valence-corrected chi connectivity index (χ1v) is 6.79. The predicted molar refractivity (Wildman–Crippen MR) is 76.7 cm³/mol. The Labute approximate surface area is 110 Å². The Morgan fingerprint density at radius 3 is 2.33 bits per heavy atom. The van der Waals surface area contributed by atoms with E-state index in [1.54, 1.807) is 13.0 Å². The lowest BCUT2D eigenvalue weighted by Crippen LogP contribution is -2.27. The number of nitrogens with zero attached hydrogens (tertiary/aromatic N) is 1. The van der Waals surface area contributed by atoms with Gasteiger partial charge in [-0.2, -0.15) is 0 Å². The molecule has 0 spiro atoms. The molecule has 0 amide bonds. The fourth-order valence-corrected chi connectivity index (χ4v) is 1.88. The molecule has 18 heavy (non-hydrogen) atoms. The van der Waals surface area contributed by atoms with Crippen LogP contribution in [-0.4, -0.2) is 18.7 Å². The lowest BCUT2D eigenvalue weighted by molar-refractivity contribution is 0.165. The second-order valence-corrected chi connectivity index (χ2v) is 3.89. The van der Waals surface area contributed by atoms with E-state index in [0.29, 0.717) is 12.0 Å². The van der Waals surface area contributed by atoms with Crippen LogP contribution in [0.1, 0.15) is 51.3 Å². The summed E-state index contributed by atoms with van der Waals surface area (Å²) in [5, 5.41) is 9.75. The number of hydrogen-bond donors (Lipinski definition) is 1. The van der Waals surface area contributed by atoms with Crippen molar-refractivity contribution in [3.63, 3.8) is 0 Å². The van der Waals surface area contributed by atoms with Crippen molar-refractivity contribution in [1.82, 2.24) is 0 Å². The van der Waals surface area contributed by atoms with Crippen LogP contribution in [0.15, 0.2) is 12.1 Å². The van der Waals surface area contributed by atoms with E-state index in [2.05, 4.69) is 0 Å². The predicted octanol–water partition coefficient (Wildman–Crippen LogP) is 4.06. The molecule has 0 saturated carbocycles. The number of anilines is 1. The van der Waals surface area contributed by atoms with Crippen LogP contribution in [0, 0.1) is 12.7 Å². The van der Waals surface area contributed by atoms with Crippen molar-refractivity contribution < 1.29 is 9.50 Å². The van der Waals surface area contributed by atoms with Gasteiger partial charge < -0.3 is 10.0 Å². The van der Waals surface area contributed by atoms with Gasteiger partial charge in [0.2, 0.25) is 0 Å². The summed E-state index contributed by atoms with van der Waals surface area (Å²) in [5.74, 6) is -0.204. The molecule has 3 heteroatoms. The summed E-state index contributed by atoms with van der Waals surface area (Å²) in [6, 6.07) is 3.25. The standard InChI is InChI=1S/C11H14FNO.2C2H6/c1-7-5-8-10(6-9(7)12)13(2)4-3-11(8)14;2*1-2/h5-6,11,14H,3-4H2,1-2H3;2*1-2H3. The highest BCUT2D eigenvalue weighted by Gasteiger charge is 2.22. The molecule has 0 radical (unpaired) electrons. The molecule has 0 aromatic heterocycles. The lowest BCUT2D eigenvalue weighted by atomic mass is 9.97. The molecule has 2 nitrogen and oxygen atoms in total. The summed E-state index contributed by atoms with van der Waals surface area (Å²) in [7, 11) is 1.92. The summed E-state index contributed by atoms with van der Waals surface area (Å²) in [5.41, 5.74) is 2.25. The van der Waals surface area contributed by atoms with Gasteiger partial charge in [0, 0.05) is 24.8 Å². The summed E-state index contributed by atoms with van der Waals surface area (Å²) in [4.78, 5) is 1.98. The van der Waals surface area contributed by atoms with Crippen LogP contribution >= 0.6 is 0 Å². The van der Waals surface area contributed by atoms with Gasteiger partial charge in [-0.3, -0.25) is 0 Å². The Kier molecular flexibility index (Phi) is 7.60. The summed E-state index contributed by atoms with van der Waals surface area (Å²) >= 11 is 0. The van der Waals surface area contributed by atoms with Crippen molar-refractivity contribution in [2.45, 2.75) is 47.1 Å². The molecule has 2 rings (SSSR count). The van der Waals surface area contributed by atoms with Gasteiger partial charge in [-0.1, -0.05) is 27.7 Å². The Morgan fingerprint density at radius 2 is 1.78 bits per heavy atom. The van der Waals surface area contributed by atoms with Crippen molar-refractivity contribution in [3.8, 4) is 0 Å². The van der Waals surface area contributed by atoms with Gasteiger partial charge in [-0.25, -0.2) is 4.39 Å². The Morgan fingerprint density at radius 1 is 1.22 bits per heavy atom. The number of aliphatic hydroxyl groups is 1. The first-order chi connectivity index (χ1) is 8.59. The zero-order valence-electron chi connectivity index (χ0n) is 12.4. The average Bonchev–Trinajstić information content (AvgIpc) is 2.41. The van der Waals surface area contributed by atoms with Crippen LogP contribution in [0.3, 0.4) is 0 Å².